The molecule has 0 aromatic rings. The van der Waals surface area contributed by atoms with Crippen LogP contribution in [0, 0.1) is 0 Å². The van der Waals surface area contributed by atoms with E-state index in [1.54, 1.807) is 0 Å². The molecule has 0 atom stereocenters. The van der Waals surface area contributed by atoms with Crippen LogP contribution >= 0.6 is 23.4 Å². The number of hydrogen-bond donors (Lipinski definition) is 0. The predicted octanol–water partition coefficient (Wildman–Crippen LogP) is 2.87. The van der Waals surface area contributed by atoms with E-state index < -0.39 is 0 Å². The second-order valence-electron chi connectivity index (χ2n) is 2.89. The molecule has 0 aromatic carbocycles. The van der Waals surface area contributed by atoms with E-state index in [0.717, 1.165) is 17.8 Å². The molecular weight excluding hydrogens is 232 g/mol. The van der Waals surface area contributed by atoms with Gasteiger partial charge in [0.2, 0.25) is 5.29 Å². The van der Waals surface area contributed by atoms with Crippen molar-refractivity contribution < 1.29 is 0 Å². The summed E-state index contributed by atoms with van der Waals surface area (Å²) in [5, 5.41) is 6.16. The molecule has 0 fully saturated rings. The molecule has 0 radical (unpaired) electrons. The molecule has 0 amide bonds. The summed E-state index contributed by atoms with van der Waals surface area (Å²) in [5.74, 6) is 0.719. The summed E-state index contributed by atoms with van der Waals surface area (Å²) in [6.07, 6.45) is 2.79. The zero-order chi connectivity index (χ0) is 11.4. The second kappa shape index (κ2) is 5.32. The smallest absolute Gasteiger partial charge is 0.203 e. The molecule has 0 saturated carbocycles. The third kappa shape index (κ3) is 2.60. The van der Waals surface area contributed by atoms with Crippen LogP contribution in [0.2, 0.25) is 0 Å². The third-order valence-electron chi connectivity index (χ3n) is 2.00. The van der Waals surface area contributed by atoms with E-state index in [1.165, 1.54) is 16.8 Å². The normalized spacial score (nSPS) is 19.6. The van der Waals surface area contributed by atoms with E-state index in [-0.39, 0.29) is 5.29 Å². The maximum Gasteiger partial charge on any atom is 0.228 e. The van der Waals surface area contributed by atoms with E-state index >= 15 is 0 Å². The minimum Gasteiger partial charge on any atom is -0.203 e. The highest BCUT2D eigenvalue weighted by Crippen LogP contribution is 2.23. The zero-order valence-electron chi connectivity index (χ0n) is 8.99. The quantitative estimate of drug-likeness (QED) is 0.554. The first-order valence-electron chi connectivity index (χ1n) is 4.47. The predicted molar refractivity (Wildman–Crippen MR) is 68.6 cm³/mol. The lowest BCUT2D eigenvalue weighted by molar-refractivity contribution is 0.543. The minimum absolute atomic E-state index is 0.284. The summed E-state index contributed by atoms with van der Waals surface area (Å²) >= 11 is 7.41. The van der Waals surface area contributed by atoms with Crippen molar-refractivity contribution >= 4 is 40.5 Å². The van der Waals surface area contributed by atoms with Crippen LogP contribution in [-0.2, 0) is 0 Å². The summed E-state index contributed by atoms with van der Waals surface area (Å²) in [4.78, 5) is 8.43. The first-order valence-corrected chi connectivity index (χ1v) is 6.07. The topological polar surface area (TPSA) is 40.3 Å². The van der Waals surface area contributed by atoms with Crippen LogP contribution in [0.25, 0.3) is 0 Å². The van der Waals surface area contributed by atoms with Crippen molar-refractivity contribution in [2.45, 2.75) is 20.3 Å². The monoisotopic (exact) mass is 244 g/mol. The van der Waals surface area contributed by atoms with Gasteiger partial charge in [-0.2, -0.15) is 15.1 Å². The van der Waals surface area contributed by atoms with Crippen LogP contribution in [0.1, 0.15) is 20.3 Å². The van der Waals surface area contributed by atoms with Crippen molar-refractivity contribution in [3.05, 3.63) is 11.4 Å². The van der Waals surface area contributed by atoms with Gasteiger partial charge in [-0.05, 0) is 36.8 Å². The second-order valence-corrected chi connectivity index (χ2v) is 4.00. The standard InChI is InChI=1S/C9H13ClN4S/c1-5-6(2)7-12-9(15-4)13-8(10)14(7)11-3/h3,5H2,1-2,4H3/b7-6+. The molecule has 82 valence electrons. The summed E-state index contributed by atoms with van der Waals surface area (Å²) in [6.45, 7) is 7.50. The number of hydrogen-bond acceptors (Lipinski definition) is 5. The number of amidine groups is 2. The van der Waals surface area contributed by atoms with Crippen LogP contribution in [0.5, 0.6) is 0 Å². The Morgan fingerprint density at radius 2 is 2.27 bits per heavy atom. The van der Waals surface area contributed by atoms with E-state index in [2.05, 4.69) is 28.7 Å². The van der Waals surface area contributed by atoms with Gasteiger partial charge >= 0.3 is 0 Å². The number of hydrazone groups is 1. The fourth-order valence-corrected chi connectivity index (χ4v) is 1.65. The van der Waals surface area contributed by atoms with Gasteiger partial charge in [-0.3, -0.25) is 0 Å². The molecular formula is C9H13ClN4S. The highest BCUT2D eigenvalue weighted by Gasteiger charge is 2.20. The molecule has 0 saturated heterocycles. The number of thioether (sulfide) groups is 1. The highest BCUT2D eigenvalue weighted by molar-refractivity contribution is 8.13. The molecule has 1 heterocycles. The van der Waals surface area contributed by atoms with E-state index in [1.807, 2.05) is 13.2 Å². The van der Waals surface area contributed by atoms with Crippen LogP contribution in [-0.4, -0.2) is 28.4 Å². The summed E-state index contributed by atoms with van der Waals surface area (Å²) in [5.41, 5.74) is 1.10. The fourth-order valence-electron chi connectivity index (χ4n) is 1.03. The van der Waals surface area contributed by atoms with Gasteiger partial charge < -0.3 is 0 Å². The molecule has 1 rings (SSSR count). The first-order chi connectivity index (χ1) is 7.13. The van der Waals surface area contributed by atoms with Crippen LogP contribution in [0.4, 0.5) is 0 Å². The van der Waals surface area contributed by atoms with Crippen molar-refractivity contribution in [3.63, 3.8) is 0 Å². The van der Waals surface area contributed by atoms with E-state index in [4.69, 9.17) is 11.6 Å². The van der Waals surface area contributed by atoms with Gasteiger partial charge in [0, 0.05) is 6.72 Å². The van der Waals surface area contributed by atoms with E-state index in [9.17, 15) is 0 Å². The molecule has 1 aliphatic heterocycles. The Morgan fingerprint density at radius 1 is 1.60 bits per heavy atom. The SMILES string of the molecule is C=NN1C(Cl)=NC(SC)=N/C1=C(/C)CC. The number of rotatable bonds is 2. The van der Waals surface area contributed by atoms with Gasteiger partial charge in [0.05, 0.1) is 0 Å². The summed E-state index contributed by atoms with van der Waals surface area (Å²) in [7, 11) is 0. The molecule has 4 nitrogen and oxygen atoms in total. The Balaban J connectivity index is 3.20. The van der Waals surface area contributed by atoms with Crippen molar-refractivity contribution in [3.8, 4) is 0 Å². The van der Waals surface area contributed by atoms with Crippen molar-refractivity contribution in [1.82, 2.24) is 5.01 Å². The van der Waals surface area contributed by atoms with Crippen LogP contribution in [0.3, 0.4) is 0 Å². The largest absolute Gasteiger partial charge is 0.228 e. The molecule has 0 aromatic heterocycles. The molecule has 15 heavy (non-hydrogen) atoms. The Morgan fingerprint density at radius 3 is 2.73 bits per heavy atom. The first kappa shape index (κ1) is 12.3. The van der Waals surface area contributed by atoms with Gasteiger partial charge in [-0.25, -0.2) is 4.99 Å². The molecule has 1 aliphatic rings. The van der Waals surface area contributed by atoms with Crippen molar-refractivity contribution in [2.24, 2.45) is 15.1 Å². The van der Waals surface area contributed by atoms with Gasteiger partial charge in [0.1, 0.15) is 0 Å². The van der Waals surface area contributed by atoms with Crippen molar-refractivity contribution in [1.29, 1.82) is 0 Å². The lowest BCUT2D eigenvalue weighted by atomic mass is 10.2. The van der Waals surface area contributed by atoms with Gasteiger partial charge in [-0.1, -0.05) is 18.7 Å². The highest BCUT2D eigenvalue weighted by atomic mass is 35.5. The van der Waals surface area contributed by atoms with Crippen LogP contribution < -0.4 is 0 Å². The van der Waals surface area contributed by atoms with Crippen molar-refractivity contribution in [2.75, 3.05) is 6.26 Å². The minimum atomic E-state index is 0.284. The molecule has 0 bridgehead atoms. The third-order valence-corrected chi connectivity index (χ3v) is 2.79. The van der Waals surface area contributed by atoms with Crippen LogP contribution in [0.15, 0.2) is 26.5 Å². The zero-order valence-corrected chi connectivity index (χ0v) is 10.6. The van der Waals surface area contributed by atoms with Gasteiger partial charge in [0.25, 0.3) is 0 Å². The maximum atomic E-state index is 5.97. The number of aliphatic imine (C=N–C) groups is 2. The number of nitrogens with zero attached hydrogens (tertiary/aromatic N) is 4. The molecule has 0 spiro atoms. The van der Waals surface area contributed by atoms with E-state index in [0.29, 0.717) is 5.17 Å². The Kier molecular flexibility index (Phi) is 4.35. The lowest BCUT2D eigenvalue weighted by Gasteiger charge is -2.22. The molecule has 0 unspecified atom stereocenters. The fraction of sp³-hybridized carbons (Fsp3) is 0.444. The number of halogens is 1. The molecule has 6 heteroatoms. The van der Waals surface area contributed by atoms with Gasteiger partial charge in [-0.15, -0.1) is 0 Å². The molecule has 0 aliphatic carbocycles. The number of allylic oxidation sites excluding steroid dienone is 1. The van der Waals surface area contributed by atoms with Gasteiger partial charge in [0.15, 0.2) is 11.0 Å². The average Bonchev–Trinajstić information content (AvgIpc) is 2.26. The summed E-state index contributed by atoms with van der Waals surface area (Å²) in [6, 6.07) is 0. The lowest BCUT2D eigenvalue weighted by Crippen LogP contribution is -2.25. The Hall–Kier alpha value is -0.810. The Bertz CT molecular complexity index is 359. The molecule has 0 N–H and O–H groups in total. The summed E-state index contributed by atoms with van der Waals surface area (Å²) < 4.78 is 0. The maximum absolute atomic E-state index is 5.97. The Labute approximate surface area is 98.8 Å². The average molecular weight is 245 g/mol.